The molecule has 6 aromatic rings. The van der Waals surface area contributed by atoms with E-state index < -0.39 is 0 Å². The third-order valence-corrected chi connectivity index (χ3v) is 8.57. The lowest BCUT2D eigenvalue weighted by molar-refractivity contribution is 0.674. The first kappa shape index (κ1) is 29.1. The third kappa shape index (κ3) is 6.22. The zero-order valence-electron chi connectivity index (χ0n) is 26.2. The minimum absolute atomic E-state index is 0.00425. The van der Waals surface area contributed by atoms with Gasteiger partial charge in [0.1, 0.15) is 17.8 Å². The van der Waals surface area contributed by atoms with Gasteiger partial charge in [0.15, 0.2) is 5.84 Å². The molecule has 8 rings (SSSR count). The van der Waals surface area contributed by atoms with Gasteiger partial charge in [0.05, 0.1) is 11.7 Å². The summed E-state index contributed by atoms with van der Waals surface area (Å²) in [7, 11) is 0. The van der Waals surface area contributed by atoms with Crippen molar-refractivity contribution in [2.75, 3.05) is 0 Å². The van der Waals surface area contributed by atoms with E-state index in [1.54, 1.807) is 0 Å². The molecule has 2 N–H and O–H groups in total. The normalized spacial score (nSPS) is 17.2. The number of nitrogens with one attached hydrogen (secondary N) is 2. The van der Waals surface area contributed by atoms with Crippen molar-refractivity contribution in [2.45, 2.75) is 12.2 Å². The second kappa shape index (κ2) is 13.2. The van der Waals surface area contributed by atoms with E-state index in [2.05, 4.69) is 138 Å². The van der Waals surface area contributed by atoms with Crippen molar-refractivity contribution in [3.8, 4) is 11.1 Å². The Labute approximate surface area is 280 Å². The van der Waals surface area contributed by atoms with Crippen LogP contribution in [0.15, 0.2) is 191 Å². The molecule has 2 unspecified atom stereocenters. The highest BCUT2D eigenvalue weighted by molar-refractivity contribution is 6.13. The van der Waals surface area contributed by atoms with E-state index in [1.807, 2.05) is 48.5 Å². The van der Waals surface area contributed by atoms with E-state index in [0.717, 1.165) is 56.3 Å². The molecule has 48 heavy (non-hydrogen) atoms. The zero-order valence-corrected chi connectivity index (χ0v) is 26.2. The third-order valence-electron chi connectivity index (χ3n) is 8.57. The van der Waals surface area contributed by atoms with Gasteiger partial charge in [0, 0.05) is 16.7 Å². The maximum atomic E-state index is 5.12. The first-order valence-electron chi connectivity index (χ1n) is 16.2. The summed E-state index contributed by atoms with van der Waals surface area (Å²) >= 11 is 0. The Morgan fingerprint density at radius 1 is 0.396 bits per heavy atom. The molecule has 2 aliphatic rings. The van der Waals surface area contributed by atoms with Gasteiger partial charge in [-0.3, -0.25) is 0 Å². The fourth-order valence-electron chi connectivity index (χ4n) is 6.11. The van der Waals surface area contributed by atoms with Gasteiger partial charge < -0.3 is 10.6 Å². The van der Waals surface area contributed by atoms with Crippen LogP contribution in [0.25, 0.3) is 16.8 Å². The molecule has 0 aliphatic carbocycles. The lowest BCUT2D eigenvalue weighted by Crippen LogP contribution is -2.33. The van der Waals surface area contributed by atoms with Crippen molar-refractivity contribution in [3.63, 3.8) is 0 Å². The van der Waals surface area contributed by atoms with Crippen molar-refractivity contribution >= 4 is 23.2 Å². The number of rotatable bonds is 7. The molecule has 6 aromatic carbocycles. The topological polar surface area (TPSA) is 61.1 Å². The quantitative estimate of drug-likeness (QED) is 0.187. The fraction of sp³-hybridized carbons (Fsp3) is 0.0465. The Morgan fingerprint density at radius 2 is 0.917 bits per heavy atom. The molecular formula is C43H33N5. The van der Waals surface area contributed by atoms with Crippen molar-refractivity contribution < 1.29 is 0 Å². The second-order valence-electron chi connectivity index (χ2n) is 11.8. The molecule has 230 valence electrons. The van der Waals surface area contributed by atoms with Gasteiger partial charge in [0.25, 0.3) is 0 Å². The van der Waals surface area contributed by atoms with E-state index in [1.165, 1.54) is 5.56 Å². The number of aliphatic imine (C=N–C) groups is 3. The number of benzene rings is 6. The summed E-state index contributed by atoms with van der Waals surface area (Å²) in [5.41, 5.74) is 9.54. The monoisotopic (exact) mass is 619 g/mol. The van der Waals surface area contributed by atoms with Gasteiger partial charge >= 0.3 is 0 Å². The first-order chi connectivity index (χ1) is 23.8. The van der Waals surface area contributed by atoms with Crippen LogP contribution >= 0.6 is 0 Å². The molecule has 2 aliphatic heterocycles. The molecule has 0 bridgehead atoms. The number of hydrogen-bond donors (Lipinski definition) is 2. The highest BCUT2D eigenvalue weighted by Crippen LogP contribution is 2.30. The largest absolute Gasteiger partial charge is 0.359 e. The van der Waals surface area contributed by atoms with Crippen molar-refractivity contribution in [3.05, 3.63) is 209 Å². The van der Waals surface area contributed by atoms with Gasteiger partial charge in [0.2, 0.25) is 0 Å². The van der Waals surface area contributed by atoms with Crippen LogP contribution in [0.5, 0.6) is 0 Å². The van der Waals surface area contributed by atoms with E-state index in [4.69, 9.17) is 15.0 Å². The minimum Gasteiger partial charge on any atom is -0.359 e. The lowest BCUT2D eigenvalue weighted by Gasteiger charge is -2.25. The summed E-state index contributed by atoms with van der Waals surface area (Å²) in [4.78, 5) is 15.1. The van der Waals surface area contributed by atoms with Crippen LogP contribution in [-0.4, -0.2) is 17.5 Å². The molecule has 0 aromatic heterocycles. The van der Waals surface area contributed by atoms with Crippen molar-refractivity contribution in [2.24, 2.45) is 15.0 Å². The van der Waals surface area contributed by atoms with E-state index in [9.17, 15) is 0 Å². The molecule has 5 nitrogen and oxygen atoms in total. The van der Waals surface area contributed by atoms with Crippen LogP contribution in [0.1, 0.15) is 45.6 Å². The van der Waals surface area contributed by atoms with E-state index in [0.29, 0.717) is 5.84 Å². The standard InChI is InChI=1S/C43H33N5/c1-5-15-30(16-6-1)38-29-39(31-17-7-2-8-18-31)45-42(44-38)36-25-13-23-34(27-36)35-24-14-26-37(28-35)43-47-40(32-19-9-3-10-20-32)46-41(48-43)33-21-11-4-12-22-33/h1-29,38,43H,(H,44,45)(H,46,47,48). The predicted octanol–water partition coefficient (Wildman–Crippen LogP) is 8.98. The Kier molecular flexibility index (Phi) is 7.99. The second-order valence-corrected chi connectivity index (χ2v) is 11.8. The van der Waals surface area contributed by atoms with E-state index >= 15 is 0 Å². The molecule has 5 heteroatoms. The van der Waals surface area contributed by atoms with Crippen LogP contribution in [0.3, 0.4) is 0 Å². The van der Waals surface area contributed by atoms with Crippen LogP contribution in [0.2, 0.25) is 0 Å². The molecule has 0 radical (unpaired) electrons. The summed E-state index contributed by atoms with van der Waals surface area (Å²) in [5.74, 6) is 2.36. The van der Waals surface area contributed by atoms with Gasteiger partial charge in [-0.05, 0) is 46.0 Å². The highest BCUT2D eigenvalue weighted by Gasteiger charge is 2.22. The van der Waals surface area contributed by atoms with Gasteiger partial charge in [-0.1, -0.05) is 158 Å². The summed E-state index contributed by atoms with van der Waals surface area (Å²) in [5, 5.41) is 7.30. The average molecular weight is 620 g/mol. The van der Waals surface area contributed by atoms with Crippen LogP contribution in [-0.2, 0) is 0 Å². The molecule has 2 heterocycles. The number of nitrogens with zero attached hydrogens (tertiary/aromatic N) is 3. The lowest BCUT2D eigenvalue weighted by atomic mass is 9.97. The van der Waals surface area contributed by atoms with E-state index in [-0.39, 0.29) is 12.2 Å². The van der Waals surface area contributed by atoms with Gasteiger partial charge in [-0.25, -0.2) is 15.0 Å². The molecule has 0 fully saturated rings. The van der Waals surface area contributed by atoms with Gasteiger partial charge in [-0.15, -0.1) is 0 Å². The molecular weight excluding hydrogens is 587 g/mol. The molecule has 0 saturated carbocycles. The molecule has 0 amide bonds. The highest BCUT2D eigenvalue weighted by atomic mass is 15.2. The van der Waals surface area contributed by atoms with Crippen LogP contribution in [0.4, 0.5) is 0 Å². The Morgan fingerprint density at radius 3 is 1.62 bits per heavy atom. The zero-order chi connectivity index (χ0) is 32.1. The molecule has 0 spiro atoms. The fourth-order valence-corrected chi connectivity index (χ4v) is 6.11. The summed E-state index contributed by atoms with van der Waals surface area (Å²) in [6, 6.07) is 58.4. The summed E-state index contributed by atoms with van der Waals surface area (Å²) < 4.78 is 0. The summed E-state index contributed by atoms with van der Waals surface area (Å²) in [6.45, 7) is 0. The maximum Gasteiger partial charge on any atom is 0.159 e. The molecule has 0 saturated heterocycles. The first-order valence-corrected chi connectivity index (χ1v) is 16.2. The smallest absolute Gasteiger partial charge is 0.159 e. The maximum absolute atomic E-state index is 5.12. The average Bonchev–Trinajstić information content (AvgIpc) is 3.19. The Balaban J connectivity index is 1.13. The predicted molar refractivity (Wildman–Crippen MR) is 197 cm³/mol. The Bertz CT molecular complexity index is 2170. The summed E-state index contributed by atoms with van der Waals surface area (Å²) in [6.07, 6.45) is 1.90. The minimum atomic E-state index is -0.300. The molecule has 2 atom stereocenters. The van der Waals surface area contributed by atoms with Crippen LogP contribution < -0.4 is 10.6 Å². The van der Waals surface area contributed by atoms with Gasteiger partial charge in [-0.2, -0.15) is 0 Å². The number of amidine groups is 3. The number of hydrogen-bond acceptors (Lipinski definition) is 5. The van der Waals surface area contributed by atoms with Crippen LogP contribution in [0, 0.1) is 0 Å². The SMILES string of the molecule is C1=C(c2ccccc2)N=C(c2cccc(-c3cccc(C4N=C(c5ccccc5)N=C(c5ccccc5)N4)c3)c2)NC1c1ccccc1. The van der Waals surface area contributed by atoms with Crippen molar-refractivity contribution in [1.82, 2.24) is 10.6 Å². The van der Waals surface area contributed by atoms with Crippen molar-refractivity contribution in [1.29, 1.82) is 0 Å². The Hall–Kier alpha value is -6.33.